The molecule has 0 atom stereocenters. The zero-order valence-electron chi connectivity index (χ0n) is 32.7. The number of halogens is 6. The molecule has 2 heterocycles. The molecule has 0 aromatic heterocycles. The number of carbonyl (C=O) groups is 2. The fraction of sp³-hybridized carbons (Fsp3) is 0.436. The third kappa shape index (κ3) is 12.0. The molecule has 1 fully saturated rings. The number of ether oxygens (including phenoxy) is 2. The van der Waals surface area contributed by atoms with Crippen LogP contribution in [0.3, 0.4) is 0 Å². The van der Waals surface area contributed by atoms with E-state index in [2.05, 4.69) is 48.5 Å². The number of benzene rings is 4. The van der Waals surface area contributed by atoms with Crippen LogP contribution in [0.1, 0.15) is 86.4 Å². The highest BCUT2D eigenvalue weighted by molar-refractivity contribution is 7.99. The summed E-state index contributed by atoms with van der Waals surface area (Å²) < 4.78 is 135. The quantitative estimate of drug-likeness (QED) is 0.0226. The molecule has 11 nitrogen and oxygen atoms in total. The van der Waals surface area contributed by atoms with Gasteiger partial charge < -0.3 is 14.0 Å². The molecule has 0 unspecified atom stereocenters. The van der Waals surface area contributed by atoms with Crippen LogP contribution in [0.25, 0.3) is 21.5 Å². The van der Waals surface area contributed by atoms with Crippen molar-refractivity contribution in [1.29, 1.82) is 0 Å². The van der Waals surface area contributed by atoms with Crippen LogP contribution < -0.4 is 9.47 Å². The standard InChI is InChI=1S/C22H31O2S.C16H12F3NO5S2.CHF3O3S/c1-3-5-13-23-18-9-10-19-20(17-18)22(25-15-7-8-16-25)12-11-21(19)24-14-6-4-2;1-2-8-26-12-7-6-11-13-9(12)4-3-5-10(13)14(21)20(15(11)22)25-27(23,24)16(17,18)19;2-1(3,4)8(5,6)7/h9-12,17H,3-8,13-16H2,1-2H3;3-7H,2,8H2,1H3;(H,5,6,7)/q+1;;/p-1. The van der Waals surface area contributed by atoms with Crippen molar-refractivity contribution in [1.82, 2.24) is 5.06 Å². The second-order valence-corrected chi connectivity index (χ2v) is 19.5. The minimum atomic E-state index is -6.17. The lowest BCUT2D eigenvalue weighted by molar-refractivity contribution is -0.0761. The smallest absolute Gasteiger partial charge is 0.525 e. The Hall–Kier alpha value is -3.76. The summed E-state index contributed by atoms with van der Waals surface area (Å²) in [6.45, 7) is 7.98. The first-order chi connectivity index (χ1) is 28.2. The Kier molecular flexibility index (Phi) is 17.0. The first kappa shape index (κ1) is 48.9. The van der Waals surface area contributed by atoms with Gasteiger partial charge in [-0.1, -0.05) is 45.7 Å². The van der Waals surface area contributed by atoms with Crippen molar-refractivity contribution in [2.45, 2.75) is 86.5 Å². The van der Waals surface area contributed by atoms with E-state index in [1.807, 2.05) is 6.92 Å². The van der Waals surface area contributed by atoms with Gasteiger partial charge in [0.2, 0.25) is 0 Å². The molecule has 60 heavy (non-hydrogen) atoms. The lowest BCUT2D eigenvalue weighted by Crippen LogP contribution is -2.44. The average molecular weight is 928 g/mol. The molecule has 0 aliphatic carbocycles. The Morgan fingerprint density at radius 3 is 1.90 bits per heavy atom. The molecule has 0 bridgehead atoms. The molecule has 1 saturated heterocycles. The number of thioether (sulfide) groups is 1. The summed E-state index contributed by atoms with van der Waals surface area (Å²) in [5.41, 5.74) is -11.6. The van der Waals surface area contributed by atoms with E-state index < -0.39 is 43.1 Å². The van der Waals surface area contributed by atoms with Crippen LogP contribution in [0.15, 0.2) is 70.5 Å². The van der Waals surface area contributed by atoms with Gasteiger partial charge in [0.15, 0.2) is 15.0 Å². The third-order valence-corrected chi connectivity index (χ3v) is 14.1. The molecule has 6 rings (SSSR count). The van der Waals surface area contributed by atoms with Crippen molar-refractivity contribution in [3.05, 3.63) is 71.8 Å². The minimum absolute atomic E-state index is 0.113. The van der Waals surface area contributed by atoms with Gasteiger partial charge >= 0.3 is 21.1 Å². The molecule has 0 N–H and O–H groups in total. The predicted molar refractivity (Wildman–Crippen MR) is 217 cm³/mol. The molecule has 21 heteroatoms. The maximum atomic E-state index is 12.6. The van der Waals surface area contributed by atoms with Crippen molar-refractivity contribution in [2.75, 3.05) is 30.5 Å². The Morgan fingerprint density at radius 1 is 0.733 bits per heavy atom. The number of hydrogen-bond donors (Lipinski definition) is 0. The van der Waals surface area contributed by atoms with Crippen LogP contribution in [0.4, 0.5) is 26.3 Å². The highest BCUT2D eigenvalue weighted by atomic mass is 32.2. The van der Waals surface area contributed by atoms with E-state index in [0.29, 0.717) is 16.3 Å². The molecule has 0 spiro atoms. The zero-order chi connectivity index (χ0) is 44.5. The summed E-state index contributed by atoms with van der Waals surface area (Å²) in [7, 11) is -11.9. The summed E-state index contributed by atoms with van der Waals surface area (Å²) in [6, 6.07) is 18.5. The van der Waals surface area contributed by atoms with Crippen molar-refractivity contribution in [2.24, 2.45) is 0 Å². The van der Waals surface area contributed by atoms with Gasteiger partial charge in [0.1, 0.15) is 23.0 Å². The molecule has 0 radical (unpaired) electrons. The molecule has 2 aliphatic rings. The van der Waals surface area contributed by atoms with Gasteiger partial charge in [-0.05, 0) is 91.8 Å². The van der Waals surface area contributed by atoms with E-state index in [0.717, 1.165) is 67.5 Å². The number of amides is 2. The first-order valence-corrected chi connectivity index (χ1v) is 24.1. The number of alkyl halides is 6. The van der Waals surface area contributed by atoms with Crippen LogP contribution >= 0.6 is 11.8 Å². The van der Waals surface area contributed by atoms with E-state index in [4.69, 9.17) is 22.4 Å². The SMILES string of the molecule is CCCCOc1ccc2c(OCCCC)ccc([S+]3CCCC3)c2c1.CCCSc1ccc2c3c(cccc13)C(=O)N(OS(=O)(=O)C(F)(F)F)C2=O.O=S(=O)([O-])C(F)(F)F. The van der Waals surface area contributed by atoms with Gasteiger partial charge in [-0.15, -0.1) is 21.1 Å². The van der Waals surface area contributed by atoms with Crippen LogP contribution in [0.2, 0.25) is 0 Å². The number of imide groups is 1. The number of hydroxylamine groups is 2. The van der Waals surface area contributed by atoms with E-state index in [1.54, 1.807) is 12.1 Å². The maximum Gasteiger partial charge on any atom is 0.525 e. The second-order valence-electron chi connectivity index (χ2n) is 13.2. The second kappa shape index (κ2) is 20.9. The number of nitrogens with zero attached hydrogens (tertiary/aromatic N) is 1. The highest BCUT2D eigenvalue weighted by Crippen LogP contribution is 2.39. The van der Waals surface area contributed by atoms with Crippen molar-refractivity contribution < 1.29 is 71.1 Å². The minimum Gasteiger partial charge on any atom is -0.741 e. The van der Waals surface area contributed by atoms with Gasteiger partial charge in [0, 0.05) is 31.9 Å². The van der Waals surface area contributed by atoms with Crippen molar-refractivity contribution >= 4 is 76.3 Å². The largest absolute Gasteiger partial charge is 0.741 e. The lowest BCUT2D eigenvalue weighted by Gasteiger charge is -2.26. The Labute approximate surface area is 351 Å². The van der Waals surface area contributed by atoms with Crippen LogP contribution in [0, 0.1) is 0 Å². The lowest BCUT2D eigenvalue weighted by atomic mass is 9.95. The summed E-state index contributed by atoms with van der Waals surface area (Å²) in [4.78, 5) is 27.3. The number of fused-ring (bicyclic) bond motifs is 1. The monoisotopic (exact) mass is 927 g/mol. The number of hydrogen-bond acceptors (Lipinski definition) is 11. The fourth-order valence-corrected chi connectivity index (χ4v) is 9.69. The van der Waals surface area contributed by atoms with Crippen LogP contribution in [-0.4, -0.2) is 79.8 Å². The summed E-state index contributed by atoms with van der Waals surface area (Å²) in [6.07, 6.45) is 8.16. The normalized spacial score (nSPS) is 14.8. The van der Waals surface area contributed by atoms with E-state index in [9.17, 15) is 44.3 Å². The van der Waals surface area contributed by atoms with Crippen molar-refractivity contribution in [3.8, 4) is 11.5 Å². The van der Waals surface area contributed by atoms with Crippen molar-refractivity contribution in [3.63, 3.8) is 0 Å². The molecule has 2 amide bonds. The van der Waals surface area contributed by atoms with Crippen LogP contribution in [-0.2, 0) is 35.4 Å². The van der Waals surface area contributed by atoms with Gasteiger partial charge in [-0.25, -0.2) is 8.42 Å². The Morgan fingerprint density at radius 2 is 1.33 bits per heavy atom. The topological polar surface area (TPSA) is 156 Å². The molecule has 2 aliphatic heterocycles. The molecule has 4 aromatic rings. The predicted octanol–water partition coefficient (Wildman–Crippen LogP) is 9.74. The summed E-state index contributed by atoms with van der Waals surface area (Å²) in [5, 5.41) is 3.07. The molecular formula is C39H43F6NO10S4. The van der Waals surface area contributed by atoms with Gasteiger partial charge in [0.25, 0.3) is 11.8 Å². The molecule has 4 aromatic carbocycles. The average Bonchev–Trinajstić information content (AvgIpc) is 3.72. The molecular weight excluding hydrogens is 885 g/mol. The molecule has 330 valence electrons. The Balaban J connectivity index is 0.000000225. The first-order valence-electron chi connectivity index (χ1n) is 18.8. The highest BCUT2D eigenvalue weighted by Gasteiger charge is 2.51. The van der Waals surface area contributed by atoms with Crippen LogP contribution in [0.5, 0.6) is 11.5 Å². The van der Waals surface area contributed by atoms with E-state index in [-0.39, 0.29) is 21.6 Å². The number of carbonyl (C=O) groups excluding carboxylic acids is 2. The fourth-order valence-electron chi connectivity index (χ4n) is 5.87. The summed E-state index contributed by atoms with van der Waals surface area (Å²) >= 11 is 1.51. The third-order valence-electron chi connectivity index (χ3n) is 8.80. The summed E-state index contributed by atoms with van der Waals surface area (Å²) in [5.74, 6) is 2.94. The van der Waals surface area contributed by atoms with Gasteiger partial charge in [-0.2, -0.15) is 34.8 Å². The number of unbranched alkanes of at least 4 members (excludes halogenated alkanes) is 2. The molecule has 0 saturated carbocycles. The maximum absolute atomic E-state index is 12.6. The van der Waals surface area contributed by atoms with E-state index >= 15 is 0 Å². The zero-order valence-corrected chi connectivity index (χ0v) is 36.0. The Bertz CT molecular complexity index is 2350. The van der Waals surface area contributed by atoms with Gasteiger partial charge in [0.05, 0.1) is 24.3 Å². The van der Waals surface area contributed by atoms with Gasteiger partial charge in [-0.3, -0.25) is 9.59 Å². The number of rotatable bonds is 14. The van der Waals surface area contributed by atoms with E-state index in [1.165, 1.54) is 70.0 Å².